The fourth-order valence-corrected chi connectivity index (χ4v) is 6.22. The van der Waals surface area contributed by atoms with Crippen LogP contribution in [0.5, 0.6) is 0 Å². The Morgan fingerprint density at radius 1 is 0.444 bits per heavy atom. The molecule has 0 amide bonds. The lowest BCUT2D eigenvalue weighted by Gasteiger charge is -2.28. The van der Waals surface area contributed by atoms with Gasteiger partial charge in [0.05, 0.1) is 0 Å². The maximum atomic E-state index is 5.92. The molecule has 0 spiro atoms. The Hall–Kier alpha value is 0.314. The molecule has 0 aromatic rings. The van der Waals surface area contributed by atoms with Crippen molar-refractivity contribution in [2.24, 2.45) is 0 Å². The lowest BCUT2D eigenvalue weighted by atomic mass is 10.0. The highest BCUT2D eigenvalue weighted by molar-refractivity contribution is 6.60. The maximum absolute atomic E-state index is 5.92. The van der Waals surface area contributed by atoms with Gasteiger partial charge in [-0.1, -0.05) is 90.4 Å². The van der Waals surface area contributed by atoms with Crippen molar-refractivity contribution in [3.8, 4) is 0 Å². The van der Waals surface area contributed by atoms with E-state index in [-0.39, 0.29) is 11.0 Å². The van der Waals surface area contributed by atoms with Crippen molar-refractivity contribution in [1.29, 1.82) is 0 Å². The molecule has 0 N–H and O–H groups in total. The van der Waals surface area contributed by atoms with E-state index < -0.39 is 8.80 Å². The second-order valence-corrected chi connectivity index (χ2v) is 10.1. The predicted octanol–water partition coefficient (Wildman–Crippen LogP) is 6.06. The summed E-state index contributed by atoms with van der Waals surface area (Å²) in [4.78, 5) is 0. The summed E-state index contributed by atoms with van der Waals surface area (Å²) in [6.07, 6.45) is 19.4. The normalized spacial score (nSPS) is 11.6. The topological polar surface area (TPSA) is 27.7 Å². The van der Waals surface area contributed by atoms with Gasteiger partial charge in [0.25, 0.3) is 0 Å². The van der Waals surface area contributed by atoms with Gasteiger partial charge in [0.2, 0.25) is 0 Å². The Bertz CT molecular complexity index is 261. The summed E-state index contributed by atoms with van der Waals surface area (Å²) in [6, 6.07) is 0.973. The van der Waals surface area contributed by atoms with E-state index >= 15 is 0 Å². The van der Waals surface area contributed by atoms with E-state index in [1.54, 1.807) is 0 Å². The summed E-state index contributed by atoms with van der Waals surface area (Å²) in [7, 11) is -2.40. The van der Waals surface area contributed by atoms with Crippen molar-refractivity contribution >= 4 is 19.8 Å². The van der Waals surface area contributed by atoms with Crippen LogP contribution < -0.4 is 0 Å². The molecule has 0 aromatic carbocycles. The lowest BCUT2D eigenvalue weighted by molar-refractivity contribution is 0.0706. The van der Waals surface area contributed by atoms with Crippen molar-refractivity contribution < 1.29 is 13.3 Å². The van der Waals surface area contributed by atoms with Crippen molar-refractivity contribution in [3.63, 3.8) is 0 Å². The van der Waals surface area contributed by atoms with Gasteiger partial charge in [-0.2, -0.15) is 0 Å². The second-order valence-electron chi connectivity index (χ2n) is 7.33. The Labute approximate surface area is 176 Å². The molecule has 166 valence electrons. The van der Waals surface area contributed by atoms with E-state index in [0.29, 0.717) is 19.8 Å². The molecule has 3 nitrogen and oxygen atoms in total. The molecule has 0 radical (unpaired) electrons. The summed E-state index contributed by atoms with van der Waals surface area (Å²) in [6.45, 7) is 10.4. The van der Waals surface area contributed by atoms with Crippen LogP contribution in [-0.4, -0.2) is 39.6 Å². The van der Waals surface area contributed by atoms with Crippen LogP contribution in [0.4, 0.5) is 0 Å². The predicted molar refractivity (Wildman–Crippen MR) is 127 cm³/mol. The minimum atomic E-state index is -2.40. The molecule has 0 saturated heterocycles. The van der Waals surface area contributed by atoms with Gasteiger partial charge >= 0.3 is 8.80 Å². The van der Waals surface area contributed by atoms with Gasteiger partial charge in [0, 0.05) is 25.9 Å². The molecular formula is C22H52O3Si2. The van der Waals surface area contributed by atoms with Crippen LogP contribution in [0.1, 0.15) is 118 Å². The van der Waals surface area contributed by atoms with Gasteiger partial charge in [-0.15, -0.1) is 0 Å². The quantitative estimate of drug-likeness (QED) is 0.167. The highest BCUT2D eigenvalue weighted by Gasteiger charge is 2.39. The van der Waals surface area contributed by atoms with Crippen LogP contribution in [-0.2, 0) is 13.3 Å². The second kappa shape index (κ2) is 22.6. The maximum Gasteiger partial charge on any atom is 0.500 e. The molecule has 0 aliphatic rings. The molecule has 0 aliphatic heterocycles. The summed E-state index contributed by atoms with van der Waals surface area (Å²) in [5.41, 5.74) is 0. The van der Waals surface area contributed by atoms with E-state index in [1.165, 1.54) is 89.9 Å². The minimum absolute atomic E-state index is 0. The van der Waals surface area contributed by atoms with E-state index in [9.17, 15) is 0 Å². The van der Waals surface area contributed by atoms with Crippen molar-refractivity contribution in [2.75, 3.05) is 19.8 Å². The summed E-state index contributed by atoms with van der Waals surface area (Å²) in [5, 5.41) is 0. The molecule has 0 atom stereocenters. The zero-order valence-corrected chi connectivity index (χ0v) is 19.5. The van der Waals surface area contributed by atoms with E-state index in [2.05, 4.69) is 6.92 Å². The highest BCUT2D eigenvalue weighted by Crippen LogP contribution is 2.21. The van der Waals surface area contributed by atoms with Crippen LogP contribution in [0, 0.1) is 0 Å². The molecule has 0 aromatic heterocycles. The zero-order chi connectivity index (χ0) is 19.3. The molecule has 0 bridgehead atoms. The standard InChI is InChI=1S/C22H48O3Si.H4Si/c1-5-9-10-11-12-13-14-15-16-17-18-19-20-21-22-26(23-6-2,24-7-3)25-8-4;/h5-22H2,1-4H3;1H4. The molecule has 0 rings (SSSR count). The number of hydrogen-bond acceptors (Lipinski definition) is 3. The van der Waals surface area contributed by atoms with E-state index in [0.717, 1.165) is 6.04 Å². The first-order valence-electron chi connectivity index (χ1n) is 11.7. The van der Waals surface area contributed by atoms with Crippen molar-refractivity contribution in [2.45, 2.75) is 124 Å². The Balaban J connectivity index is 0. The first-order valence-corrected chi connectivity index (χ1v) is 13.6. The molecular weight excluding hydrogens is 368 g/mol. The molecule has 0 saturated carbocycles. The minimum Gasteiger partial charge on any atom is -0.374 e. The van der Waals surface area contributed by atoms with Crippen molar-refractivity contribution in [3.05, 3.63) is 0 Å². The smallest absolute Gasteiger partial charge is 0.374 e. The van der Waals surface area contributed by atoms with Crippen LogP contribution in [0.2, 0.25) is 6.04 Å². The Morgan fingerprint density at radius 2 is 0.741 bits per heavy atom. The average molecular weight is 421 g/mol. The zero-order valence-electron chi connectivity index (χ0n) is 18.5. The Morgan fingerprint density at radius 3 is 1.04 bits per heavy atom. The third-order valence-electron chi connectivity index (χ3n) is 4.93. The fourth-order valence-electron chi connectivity index (χ4n) is 3.54. The molecule has 0 aliphatic carbocycles. The first-order chi connectivity index (χ1) is 12.7. The number of unbranched alkanes of at least 4 members (excludes halogenated alkanes) is 13. The molecule has 5 heteroatoms. The van der Waals surface area contributed by atoms with Crippen LogP contribution in [0.15, 0.2) is 0 Å². The SMILES string of the molecule is CCCCCCCCCCCCCCCC[Si](OCC)(OCC)OCC.[SiH4]. The van der Waals surface area contributed by atoms with Gasteiger partial charge in [-0.3, -0.25) is 0 Å². The average Bonchev–Trinajstić information content (AvgIpc) is 2.63. The number of hydrogen-bond donors (Lipinski definition) is 0. The fraction of sp³-hybridized carbons (Fsp3) is 1.00. The first kappa shape index (κ1) is 29.5. The van der Waals surface area contributed by atoms with Crippen LogP contribution in [0.3, 0.4) is 0 Å². The van der Waals surface area contributed by atoms with Gasteiger partial charge < -0.3 is 13.3 Å². The third-order valence-corrected chi connectivity index (χ3v) is 8.08. The lowest BCUT2D eigenvalue weighted by Crippen LogP contribution is -2.45. The van der Waals surface area contributed by atoms with Crippen molar-refractivity contribution in [1.82, 2.24) is 0 Å². The van der Waals surface area contributed by atoms with Gasteiger partial charge in [0.15, 0.2) is 0 Å². The monoisotopic (exact) mass is 420 g/mol. The molecule has 0 unspecified atom stereocenters. The third kappa shape index (κ3) is 18.1. The van der Waals surface area contributed by atoms with E-state index in [1.807, 2.05) is 20.8 Å². The summed E-state index contributed by atoms with van der Waals surface area (Å²) >= 11 is 0. The summed E-state index contributed by atoms with van der Waals surface area (Å²) < 4.78 is 17.8. The molecule has 27 heavy (non-hydrogen) atoms. The molecule has 0 fully saturated rings. The largest absolute Gasteiger partial charge is 0.500 e. The van der Waals surface area contributed by atoms with Gasteiger partial charge in [-0.05, 0) is 38.2 Å². The summed E-state index contributed by atoms with van der Waals surface area (Å²) in [5.74, 6) is 0. The van der Waals surface area contributed by atoms with Gasteiger partial charge in [-0.25, -0.2) is 0 Å². The van der Waals surface area contributed by atoms with Gasteiger partial charge in [0.1, 0.15) is 0 Å². The highest BCUT2D eigenvalue weighted by atomic mass is 28.4. The number of rotatable bonds is 21. The van der Waals surface area contributed by atoms with Crippen LogP contribution >= 0.6 is 0 Å². The van der Waals surface area contributed by atoms with Crippen LogP contribution in [0.25, 0.3) is 0 Å². The Kier molecular flexibility index (Phi) is 24.7. The molecule has 0 heterocycles. The van der Waals surface area contributed by atoms with E-state index in [4.69, 9.17) is 13.3 Å².